The van der Waals surface area contributed by atoms with Crippen LogP contribution >= 0.6 is 0 Å². The smallest absolute Gasteiger partial charge is 0.336 e. The van der Waals surface area contributed by atoms with E-state index in [1.807, 2.05) is 0 Å². The van der Waals surface area contributed by atoms with Crippen LogP contribution in [0.25, 0.3) is 0 Å². The zero-order valence-corrected chi connectivity index (χ0v) is 20.3. The summed E-state index contributed by atoms with van der Waals surface area (Å²) in [4.78, 5) is 0. The van der Waals surface area contributed by atoms with Crippen LogP contribution in [0.2, 0.25) is 0 Å². The number of nitrogens with zero attached hydrogens (tertiary/aromatic N) is 2. The lowest BCUT2D eigenvalue weighted by atomic mass is 10.5. The molecule has 0 aromatic heterocycles. The fourth-order valence-electron chi connectivity index (χ4n) is 2.78. The van der Waals surface area contributed by atoms with Crippen LogP contribution in [-0.2, 0) is 29.4 Å². The second-order valence-electron chi connectivity index (χ2n) is 8.03. The van der Waals surface area contributed by atoms with Crippen molar-refractivity contribution >= 4 is 29.3 Å². The van der Waals surface area contributed by atoms with Crippen molar-refractivity contribution in [1.82, 2.24) is 0 Å². The van der Waals surface area contributed by atoms with Gasteiger partial charge in [0, 0.05) is 0 Å². The first-order valence-corrected chi connectivity index (χ1v) is 14.2. The van der Waals surface area contributed by atoms with Crippen LogP contribution in [-0.4, -0.2) is 145 Å². The number of aliphatic hydroxyl groups is 2. The number of rotatable bonds is 16. The van der Waals surface area contributed by atoms with E-state index in [0.717, 1.165) is 0 Å². The van der Waals surface area contributed by atoms with Gasteiger partial charge in [-0.2, -0.15) is 16.8 Å². The fourth-order valence-corrected chi connectivity index (χ4v) is 7.62. The number of ether oxygens (including phenoxy) is 1. The van der Waals surface area contributed by atoms with Crippen LogP contribution in [0.5, 0.6) is 0 Å². The minimum absolute atomic E-state index is 0.0133. The Hall–Kier alpha value is -0.203. The molecule has 0 aliphatic rings. The van der Waals surface area contributed by atoms with Crippen molar-refractivity contribution < 1.29 is 54.3 Å². The summed E-state index contributed by atoms with van der Waals surface area (Å²) in [7, 11) is -3.84. The third kappa shape index (κ3) is 13.7. The Balaban J connectivity index is 5.64. The lowest BCUT2D eigenvalue weighted by molar-refractivity contribution is -0.925. The van der Waals surface area contributed by atoms with E-state index in [0.29, 0.717) is 6.17 Å². The predicted molar refractivity (Wildman–Crippen MR) is 109 cm³/mol. The van der Waals surface area contributed by atoms with Gasteiger partial charge in [0.2, 0.25) is 5.85 Å². The lowest BCUT2D eigenvalue weighted by Crippen LogP contribution is -2.65. The van der Waals surface area contributed by atoms with Crippen molar-refractivity contribution in [2.24, 2.45) is 0 Å². The predicted octanol–water partition coefficient (Wildman–Crippen LogP) is -2.94. The van der Waals surface area contributed by atoms with Crippen LogP contribution in [0.3, 0.4) is 0 Å². The monoisotopic (exact) mass is 484 g/mol. The van der Waals surface area contributed by atoms with Gasteiger partial charge in [-0.25, -0.2) is 0 Å². The first-order chi connectivity index (χ1) is 13.0. The number of hydrogen-bond donors (Lipinski definition) is 4. The van der Waals surface area contributed by atoms with Gasteiger partial charge in [-0.15, -0.1) is 0 Å². The molecule has 0 aromatic carbocycles. The first kappa shape index (κ1) is 28.8. The lowest BCUT2D eigenvalue weighted by Gasteiger charge is -2.42. The van der Waals surface area contributed by atoms with E-state index >= 15 is 0 Å². The van der Waals surface area contributed by atoms with Crippen LogP contribution in [0.15, 0.2) is 0 Å². The molecule has 0 aliphatic carbocycles. The molecule has 0 amide bonds. The standard InChI is InChI=1S/C14H34N2O10S2Si/c1-15(2,5-11-27(19,20)21)13-29(26-10-8-18)14(25-9-7-17)16(3,4)6-12-28(22,23)24/h14,17-18,29H,5-13H2,1-4H3/p+2. The molecular weight excluding hydrogens is 448 g/mol. The van der Waals surface area contributed by atoms with Gasteiger partial charge in [0.15, 0.2) is 0 Å². The normalized spacial score (nSPS) is 16.0. The van der Waals surface area contributed by atoms with E-state index in [2.05, 4.69) is 0 Å². The SMILES string of the molecule is C[N+](C)(CCS(=O)(=O)O)C[SiH](OCCO)C(OCCO)[N+](C)(C)CCS(=O)(=O)O. The summed E-state index contributed by atoms with van der Waals surface area (Å²) in [5.41, 5.74) is 0. The summed E-state index contributed by atoms with van der Waals surface area (Å²) in [6.45, 7) is -0.394. The van der Waals surface area contributed by atoms with Crippen molar-refractivity contribution in [3.8, 4) is 0 Å². The molecule has 0 saturated carbocycles. The van der Waals surface area contributed by atoms with Gasteiger partial charge in [-0.1, -0.05) is 0 Å². The average Bonchev–Trinajstić information content (AvgIpc) is 2.55. The highest BCUT2D eigenvalue weighted by molar-refractivity contribution is 7.86. The largest absolute Gasteiger partial charge is 0.405 e. The molecule has 0 aromatic rings. The fraction of sp³-hybridized carbons (Fsp3) is 1.00. The van der Waals surface area contributed by atoms with Crippen molar-refractivity contribution in [3.05, 3.63) is 0 Å². The molecule has 0 fully saturated rings. The van der Waals surface area contributed by atoms with Gasteiger partial charge < -0.3 is 28.3 Å². The van der Waals surface area contributed by atoms with E-state index in [1.165, 1.54) is 0 Å². The van der Waals surface area contributed by atoms with E-state index in [9.17, 15) is 27.0 Å². The Kier molecular flexibility index (Phi) is 11.9. The van der Waals surface area contributed by atoms with E-state index in [-0.39, 0.29) is 48.5 Å². The molecule has 176 valence electrons. The summed E-state index contributed by atoms with van der Waals surface area (Å²) in [5.74, 6) is -1.59. The number of hydrogen-bond acceptors (Lipinski definition) is 8. The molecule has 0 aliphatic heterocycles. The number of aliphatic hydroxyl groups excluding tert-OH is 2. The summed E-state index contributed by atoms with van der Waals surface area (Å²) >= 11 is 0. The van der Waals surface area contributed by atoms with Gasteiger partial charge in [0.25, 0.3) is 20.2 Å². The van der Waals surface area contributed by atoms with E-state index in [4.69, 9.17) is 18.3 Å². The molecular formula is C14H36N2O10S2Si+2. The molecule has 2 atom stereocenters. The zero-order valence-electron chi connectivity index (χ0n) is 17.5. The first-order valence-electron chi connectivity index (χ1n) is 9.03. The molecule has 0 radical (unpaired) electrons. The molecule has 0 heterocycles. The molecule has 12 nitrogen and oxygen atoms in total. The van der Waals surface area contributed by atoms with Crippen LogP contribution in [0, 0.1) is 0 Å². The number of quaternary nitrogens is 2. The quantitative estimate of drug-likeness (QED) is 0.0770. The topological polar surface area (TPSA) is 168 Å². The second kappa shape index (κ2) is 12.0. The van der Waals surface area contributed by atoms with E-state index < -0.39 is 46.6 Å². The van der Waals surface area contributed by atoms with Gasteiger partial charge in [-0.3, -0.25) is 9.11 Å². The molecule has 4 N–H and O–H groups in total. The van der Waals surface area contributed by atoms with Crippen LogP contribution < -0.4 is 0 Å². The summed E-state index contributed by atoms with van der Waals surface area (Å²) in [5, 5.41) is 18.3. The van der Waals surface area contributed by atoms with Gasteiger partial charge in [0.1, 0.15) is 11.5 Å². The average molecular weight is 485 g/mol. The molecule has 29 heavy (non-hydrogen) atoms. The molecule has 0 saturated heterocycles. The van der Waals surface area contributed by atoms with Crippen LogP contribution in [0.1, 0.15) is 0 Å². The molecule has 0 spiro atoms. The molecule has 2 unspecified atom stereocenters. The molecule has 15 heteroatoms. The van der Waals surface area contributed by atoms with Crippen LogP contribution in [0.4, 0.5) is 0 Å². The maximum Gasteiger partial charge on any atom is 0.336 e. The molecule has 0 rings (SSSR count). The maximum atomic E-state index is 11.2. The van der Waals surface area contributed by atoms with Gasteiger partial charge in [0.05, 0.1) is 73.9 Å². The van der Waals surface area contributed by atoms with Crippen molar-refractivity contribution in [2.45, 2.75) is 5.85 Å². The Morgan fingerprint density at radius 3 is 1.79 bits per heavy atom. The Bertz CT molecular complexity index is 685. The maximum absolute atomic E-state index is 11.2. The van der Waals surface area contributed by atoms with Crippen molar-refractivity contribution in [1.29, 1.82) is 0 Å². The third-order valence-electron chi connectivity index (χ3n) is 4.36. The Morgan fingerprint density at radius 2 is 1.34 bits per heavy atom. The minimum Gasteiger partial charge on any atom is -0.405 e. The molecule has 0 bridgehead atoms. The highest BCUT2D eigenvalue weighted by Crippen LogP contribution is 2.16. The highest BCUT2D eigenvalue weighted by Gasteiger charge is 2.43. The summed E-state index contributed by atoms with van der Waals surface area (Å²) in [6, 6.07) is 0. The van der Waals surface area contributed by atoms with Crippen molar-refractivity contribution in [2.75, 3.05) is 85.4 Å². The summed E-state index contributed by atoms with van der Waals surface area (Å²) in [6.07, 6.45) is 0.346. The van der Waals surface area contributed by atoms with E-state index in [1.54, 1.807) is 28.2 Å². The highest BCUT2D eigenvalue weighted by atomic mass is 32.2. The summed E-state index contributed by atoms with van der Waals surface area (Å²) < 4.78 is 74.6. The third-order valence-corrected chi connectivity index (χ3v) is 9.41. The Morgan fingerprint density at radius 1 is 0.862 bits per heavy atom. The zero-order chi connectivity index (χ0) is 22.9. The second-order valence-corrected chi connectivity index (χ2v) is 13.5. The Labute approximate surface area is 175 Å². The van der Waals surface area contributed by atoms with Crippen molar-refractivity contribution in [3.63, 3.8) is 0 Å². The van der Waals surface area contributed by atoms with Gasteiger partial charge in [-0.05, 0) is 0 Å². The minimum atomic E-state index is -4.20. The van der Waals surface area contributed by atoms with Gasteiger partial charge >= 0.3 is 9.04 Å².